The second-order valence-electron chi connectivity index (χ2n) is 10.9. The topological polar surface area (TPSA) is 121 Å². The van der Waals surface area contributed by atoms with Crippen molar-refractivity contribution >= 4 is 23.5 Å². The van der Waals surface area contributed by atoms with Crippen LogP contribution in [0.25, 0.3) is 0 Å². The Kier molecular flexibility index (Phi) is 9.63. The molecule has 2 amide bonds. The molecule has 43 heavy (non-hydrogen) atoms. The third-order valence-corrected chi connectivity index (χ3v) is 6.71. The summed E-state index contributed by atoms with van der Waals surface area (Å²) < 4.78 is 6.92. The molecule has 220 valence electrons. The maximum atomic E-state index is 13.4. The van der Waals surface area contributed by atoms with Crippen molar-refractivity contribution in [1.82, 2.24) is 15.1 Å². The van der Waals surface area contributed by atoms with Gasteiger partial charge in [0.25, 0.3) is 5.91 Å². The number of hydrogen-bond acceptors (Lipinski definition) is 6. The molecule has 1 heterocycles. The van der Waals surface area contributed by atoms with E-state index in [-0.39, 0.29) is 18.5 Å². The van der Waals surface area contributed by atoms with Crippen LogP contribution in [0.1, 0.15) is 43.9 Å². The number of nitrogens with zero attached hydrogens (tertiary/aromatic N) is 3. The average molecular weight is 577 g/mol. The lowest BCUT2D eigenvalue weighted by atomic mass is 9.77. The summed E-state index contributed by atoms with van der Waals surface area (Å²) in [6.45, 7) is 5.42. The molecule has 9 nitrogen and oxygen atoms in total. The first-order valence-electron chi connectivity index (χ1n) is 14.0. The van der Waals surface area contributed by atoms with Crippen LogP contribution in [0.3, 0.4) is 0 Å². The Morgan fingerprint density at radius 2 is 1.42 bits per heavy atom. The lowest BCUT2D eigenvalue weighted by Crippen LogP contribution is -2.39. The van der Waals surface area contributed by atoms with Crippen molar-refractivity contribution in [2.75, 3.05) is 17.2 Å². The Morgan fingerprint density at radius 1 is 0.907 bits per heavy atom. The van der Waals surface area contributed by atoms with Gasteiger partial charge >= 0.3 is 6.09 Å². The van der Waals surface area contributed by atoms with Crippen LogP contribution in [-0.2, 0) is 22.1 Å². The summed E-state index contributed by atoms with van der Waals surface area (Å²) in [5.41, 5.74) is 2.11. The predicted octanol–water partition coefficient (Wildman–Crippen LogP) is 6.13. The molecule has 0 aliphatic rings. The highest BCUT2D eigenvalue weighted by Gasteiger charge is 2.38. The largest absolute Gasteiger partial charge is 0.444 e. The molecule has 4 aromatic rings. The van der Waals surface area contributed by atoms with E-state index in [1.807, 2.05) is 60.7 Å². The Bertz CT molecular complexity index is 1500. The van der Waals surface area contributed by atoms with Crippen LogP contribution in [0.4, 0.5) is 16.3 Å². The second kappa shape index (κ2) is 13.5. The first-order valence-corrected chi connectivity index (χ1v) is 14.0. The van der Waals surface area contributed by atoms with Crippen LogP contribution in [0.15, 0.2) is 109 Å². The number of alkyl carbamates (subject to hydrolysis) is 1. The lowest BCUT2D eigenvalue weighted by Gasteiger charge is -2.38. The fourth-order valence-electron chi connectivity index (χ4n) is 4.78. The van der Waals surface area contributed by atoms with Gasteiger partial charge in [0, 0.05) is 25.2 Å². The minimum atomic E-state index is -0.848. The van der Waals surface area contributed by atoms with E-state index >= 15 is 0 Å². The average Bonchev–Trinajstić information content (AvgIpc) is 3.33. The molecule has 0 saturated carbocycles. The van der Waals surface area contributed by atoms with Gasteiger partial charge in [-0.05, 0) is 43.9 Å². The molecule has 0 aliphatic carbocycles. The summed E-state index contributed by atoms with van der Waals surface area (Å²) >= 11 is 0. The Hall–Kier alpha value is -5.36. The molecule has 0 unspecified atom stereocenters. The molecular weight excluding hydrogens is 540 g/mol. The Morgan fingerprint density at radius 3 is 1.88 bits per heavy atom. The van der Waals surface area contributed by atoms with Gasteiger partial charge in [0.2, 0.25) is 0 Å². The minimum absolute atomic E-state index is 0.118. The van der Waals surface area contributed by atoms with Gasteiger partial charge in [0.15, 0.2) is 0 Å². The van der Waals surface area contributed by atoms with Gasteiger partial charge in [0.1, 0.15) is 22.6 Å². The van der Waals surface area contributed by atoms with E-state index in [0.29, 0.717) is 11.5 Å². The molecule has 1 aromatic heterocycles. The first kappa shape index (κ1) is 30.6. The number of nitrogens with one attached hydrogen (secondary N) is 3. The first-order chi connectivity index (χ1) is 20.6. The number of amides is 2. The zero-order chi connectivity index (χ0) is 30.9. The highest BCUT2D eigenvalue weighted by Crippen LogP contribution is 2.41. The highest BCUT2D eigenvalue weighted by atomic mass is 16.6. The fourth-order valence-corrected chi connectivity index (χ4v) is 4.78. The maximum absolute atomic E-state index is 13.4. The standard InChI is InChI=1S/C34H36N6O3/c1-33(2,3)43-32(42)36-23-21-25(20-22-35)31(41)38-29-24-37-40(4)30(29)39-34(26-14-8-5-9-15-26,27-16-10-6-11-17-27)28-18-12-7-13-19-28/h5-20,24,39H,21,23H2,1-4H3,(H,36,42)(H,38,41). The van der Waals surface area contributed by atoms with Gasteiger partial charge in [-0.3, -0.25) is 9.48 Å². The SMILES string of the molecule is Cn1ncc(NC(=O)C(=CC#N)CCNC(=O)OC(C)(C)C)c1NC(c1ccccc1)(c1ccccc1)c1ccccc1. The Balaban J connectivity index is 1.67. The third kappa shape index (κ3) is 7.49. The second-order valence-corrected chi connectivity index (χ2v) is 10.9. The van der Waals surface area contributed by atoms with Gasteiger partial charge in [-0.15, -0.1) is 0 Å². The van der Waals surface area contributed by atoms with Crippen LogP contribution in [0, 0.1) is 11.3 Å². The molecule has 9 heteroatoms. The van der Waals surface area contributed by atoms with E-state index in [9.17, 15) is 14.9 Å². The zero-order valence-corrected chi connectivity index (χ0v) is 24.8. The van der Waals surface area contributed by atoms with Gasteiger partial charge in [-0.1, -0.05) is 91.0 Å². The summed E-state index contributed by atoms with van der Waals surface area (Å²) in [6, 6.07) is 32.2. The number of carbonyl (C=O) groups is 2. The molecule has 0 radical (unpaired) electrons. The molecule has 3 aromatic carbocycles. The number of aromatic nitrogens is 2. The van der Waals surface area contributed by atoms with Crippen molar-refractivity contribution in [1.29, 1.82) is 5.26 Å². The van der Waals surface area contributed by atoms with Gasteiger partial charge in [-0.2, -0.15) is 10.4 Å². The van der Waals surface area contributed by atoms with Gasteiger partial charge in [0.05, 0.1) is 12.3 Å². The van der Waals surface area contributed by atoms with Crippen molar-refractivity contribution < 1.29 is 14.3 Å². The van der Waals surface area contributed by atoms with E-state index < -0.39 is 23.1 Å². The molecular formula is C34H36N6O3. The van der Waals surface area contributed by atoms with Crippen LogP contribution in [-0.4, -0.2) is 33.9 Å². The minimum Gasteiger partial charge on any atom is -0.444 e. The predicted molar refractivity (Wildman–Crippen MR) is 167 cm³/mol. The fraction of sp³-hybridized carbons (Fsp3) is 0.235. The number of allylic oxidation sites excluding steroid dienone is 1. The number of rotatable bonds is 10. The van der Waals surface area contributed by atoms with E-state index in [4.69, 9.17) is 4.74 Å². The van der Waals surface area contributed by atoms with E-state index in [1.165, 1.54) is 6.08 Å². The Labute approximate surface area is 252 Å². The van der Waals surface area contributed by atoms with Crippen molar-refractivity contribution in [2.24, 2.45) is 7.05 Å². The zero-order valence-electron chi connectivity index (χ0n) is 24.8. The van der Waals surface area contributed by atoms with Crippen LogP contribution < -0.4 is 16.0 Å². The van der Waals surface area contributed by atoms with Crippen molar-refractivity contribution in [3.05, 3.63) is 126 Å². The smallest absolute Gasteiger partial charge is 0.407 e. The van der Waals surface area contributed by atoms with Crippen LogP contribution >= 0.6 is 0 Å². The number of nitriles is 1. The molecule has 0 aliphatic heterocycles. The van der Waals surface area contributed by atoms with Crippen molar-refractivity contribution in [2.45, 2.75) is 38.3 Å². The van der Waals surface area contributed by atoms with E-state index in [1.54, 1.807) is 38.7 Å². The quantitative estimate of drug-likeness (QED) is 0.119. The number of anilines is 2. The number of hydrogen-bond donors (Lipinski definition) is 3. The molecule has 3 N–H and O–H groups in total. The summed E-state index contributed by atoms with van der Waals surface area (Å²) in [4.78, 5) is 25.5. The molecule has 0 atom stereocenters. The maximum Gasteiger partial charge on any atom is 0.407 e. The number of ether oxygens (including phenoxy) is 1. The summed E-state index contributed by atoms with van der Waals surface area (Å²) in [5, 5.41) is 23.1. The number of aryl methyl sites for hydroxylation is 1. The van der Waals surface area contributed by atoms with Crippen molar-refractivity contribution in [3.8, 4) is 6.07 Å². The highest BCUT2D eigenvalue weighted by molar-refractivity contribution is 6.05. The van der Waals surface area contributed by atoms with Gasteiger partial charge in [-0.25, -0.2) is 4.79 Å². The third-order valence-electron chi connectivity index (χ3n) is 6.71. The lowest BCUT2D eigenvalue weighted by molar-refractivity contribution is -0.113. The summed E-state index contributed by atoms with van der Waals surface area (Å²) in [5.74, 6) is 0.0846. The van der Waals surface area contributed by atoms with E-state index in [0.717, 1.165) is 16.7 Å². The molecule has 0 bridgehead atoms. The van der Waals surface area contributed by atoms with Gasteiger partial charge < -0.3 is 20.7 Å². The number of benzene rings is 3. The summed E-state index contributed by atoms with van der Waals surface area (Å²) in [7, 11) is 1.79. The molecule has 4 rings (SSSR count). The molecule has 0 fully saturated rings. The van der Waals surface area contributed by atoms with Crippen LogP contribution in [0.2, 0.25) is 0 Å². The number of carbonyl (C=O) groups excluding carboxylic acids is 2. The monoisotopic (exact) mass is 576 g/mol. The summed E-state index contributed by atoms with van der Waals surface area (Å²) in [6.07, 6.45) is 2.28. The van der Waals surface area contributed by atoms with Crippen molar-refractivity contribution in [3.63, 3.8) is 0 Å². The molecule has 0 spiro atoms. The van der Waals surface area contributed by atoms with Crippen LogP contribution in [0.5, 0.6) is 0 Å². The normalized spacial score (nSPS) is 11.7. The molecule has 0 saturated heterocycles. The van der Waals surface area contributed by atoms with E-state index in [2.05, 4.69) is 57.4 Å².